The molecule has 0 aliphatic heterocycles. The molecular formula is C21H26N4O. The van der Waals surface area contributed by atoms with Gasteiger partial charge in [-0.15, -0.1) is 0 Å². The van der Waals surface area contributed by atoms with E-state index in [1.54, 1.807) is 6.33 Å². The van der Waals surface area contributed by atoms with Gasteiger partial charge >= 0.3 is 0 Å². The fraction of sp³-hybridized carbons (Fsp3) is 0.571. The van der Waals surface area contributed by atoms with E-state index in [-0.39, 0.29) is 16.9 Å². The summed E-state index contributed by atoms with van der Waals surface area (Å²) in [5, 5.41) is 7.80. The van der Waals surface area contributed by atoms with Crippen LogP contribution in [0.1, 0.15) is 49.7 Å². The Morgan fingerprint density at radius 1 is 1.15 bits per heavy atom. The SMILES string of the molecule is Cc1cccc(C)c1NC(=O)C12CC3CC(C1)CC(n1cncn1)(C3)C2. The molecule has 136 valence electrons. The number of anilines is 1. The van der Waals surface area contributed by atoms with E-state index >= 15 is 0 Å². The zero-order valence-electron chi connectivity index (χ0n) is 15.5. The molecule has 4 saturated carbocycles. The van der Waals surface area contributed by atoms with Gasteiger partial charge in [0.05, 0.1) is 11.0 Å². The lowest BCUT2D eigenvalue weighted by molar-refractivity contribution is -0.150. The van der Waals surface area contributed by atoms with Crippen LogP contribution in [0.4, 0.5) is 5.69 Å². The lowest BCUT2D eigenvalue weighted by Gasteiger charge is -2.60. The quantitative estimate of drug-likeness (QED) is 0.915. The monoisotopic (exact) mass is 350 g/mol. The van der Waals surface area contributed by atoms with Gasteiger partial charge in [0.15, 0.2) is 0 Å². The summed E-state index contributed by atoms with van der Waals surface area (Å²) in [4.78, 5) is 17.7. The molecular weight excluding hydrogens is 324 g/mol. The van der Waals surface area contributed by atoms with E-state index in [2.05, 4.69) is 46.1 Å². The summed E-state index contributed by atoms with van der Waals surface area (Å²) >= 11 is 0. The van der Waals surface area contributed by atoms with E-state index in [0.29, 0.717) is 11.8 Å². The minimum Gasteiger partial charge on any atom is -0.325 e. The lowest BCUT2D eigenvalue weighted by atomic mass is 9.46. The van der Waals surface area contributed by atoms with E-state index in [0.717, 1.165) is 48.9 Å². The molecule has 1 aromatic carbocycles. The number of nitrogens with zero attached hydrogens (tertiary/aromatic N) is 3. The third kappa shape index (κ3) is 2.25. The molecule has 1 amide bonds. The largest absolute Gasteiger partial charge is 0.325 e. The molecule has 1 aromatic heterocycles. The highest BCUT2D eigenvalue weighted by Crippen LogP contribution is 2.64. The molecule has 6 rings (SSSR count). The summed E-state index contributed by atoms with van der Waals surface area (Å²) in [7, 11) is 0. The van der Waals surface area contributed by atoms with Crippen LogP contribution >= 0.6 is 0 Å². The van der Waals surface area contributed by atoms with Gasteiger partial charge in [0.25, 0.3) is 0 Å². The molecule has 0 radical (unpaired) electrons. The first kappa shape index (κ1) is 16.0. The minimum atomic E-state index is -0.259. The normalized spacial score (nSPS) is 34.8. The van der Waals surface area contributed by atoms with Crippen LogP contribution in [-0.2, 0) is 10.3 Å². The smallest absolute Gasteiger partial charge is 0.230 e. The summed E-state index contributed by atoms with van der Waals surface area (Å²) in [5.74, 6) is 1.47. The first-order valence-electron chi connectivity index (χ1n) is 9.73. The maximum absolute atomic E-state index is 13.5. The highest BCUT2D eigenvalue weighted by atomic mass is 16.2. The van der Waals surface area contributed by atoms with Gasteiger partial charge in [-0.25, -0.2) is 9.67 Å². The maximum Gasteiger partial charge on any atom is 0.230 e. The average molecular weight is 350 g/mol. The topological polar surface area (TPSA) is 59.8 Å². The number of aromatic nitrogens is 3. The minimum absolute atomic E-state index is 0.0152. The van der Waals surface area contributed by atoms with Gasteiger partial charge in [-0.3, -0.25) is 4.79 Å². The van der Waals surface area contributed by atoms with Crippen LogP contribution in [0.25, 0.3) is 0 Å². The first-order chi connectivity index (χ1) is 12.5. The number of carbonyl (C=O) groups is 1. The highest BCUT2D eigenvalue weighted by Gasteiger charge is 2.61. The molecule has 2 aromatic rings. The summed E-state index contributed by atoms with van der Waals surface area (Å²) < 4.78 is 2.06. The van der Waals surface area contributed by atoms with Gasteiger partial charge in [0.2, 0.25) is 5.91 Å². The van der Waals surface area contributed by atoms with E-state index < -0.39 is 0 Å². The van der Waals surface area contributed by atoms with E-state index in [1.165, 1.54) is 6.42 Å². The second-order valence-corrected chi connectivity index (χ2v) is 9.03. The maximum atomic E-state index is 13.5. The van der Waals surface area contributed by atoms with Gasteiger partial charge in [0, 0.05) is 5.69 Å². The zero-order valence-corrected chi connectivity index (χ0v) is 15.5. The van der Waals surface area contributed by atoms with Crippen LogP contribution in [0.15, 0.2) is 30.9 Å². The average Bonchev–Trinajstić information content (AvgIpc) is 3.12. The summed E-state index contributed by atoms with van der Waals surface area (Å²) in [5.41, 5.74) is 2.98. The third-order valence-electron chi connectivity index (χ3n) is 7.14. The van der Waals surface area contributed by atoms with Gasteiger partial charge in [-0.05, 0) is 75.3 Å². The highest BCUT2D eigenvalue weighted by molar-refractivity contribution is 5.97. The number of carbonyl (C=O) groups excluding carboxylic acids is 1. The van der Waals surface area contributed by atoms with E-state index in [4.69, 9.17) is 0 Å². The van der Waals surface area contributed by atoms with Crippen LogP contribution < -0.4 is 5.32 Å². The fourth-order valence-electron chi connectivity index (χ4n) is 6.46. The van der Waals surface area contributed by atoms with Crippen molar-refractivity contribution in [3.05, 3.63) is 42.0 Å². The van der Waals surface area contributed by atoms with Crippen LogP contribution in [0.2, 0.25) is 0 Å². The Labute approximate surface area is 154 Å². The number of rotatable bonds is 3. The second-order valence-electron chi connectivity index (χ2n) is 9.03. The number of hydrogen-bond donors (Lipinski definition) is 1. The fourth-order valence-corrected chi connectivity index (χ4v) is 6.46. The Kier molecular flexibility index (Phi) is 3.34. The number of benzene rings is 1. The molecule has 0 saturated heterocycles. The molecule has 5 nitrogen and oxygen atoms in total. The second kappa shape index (κ2) is 5.41. The van der Waals surface area contributed by atoms with Gasteiger partial charge in [0.1, 0.15) is 12.7 Å². The molecule has 26 heavy (non-hydrogen) atoms. The standard InChI is InChI=1S/C21H26N4O/c1-14-4-3-5-15(2)18(14)24-19(26)20-7-16-6-17(8-20)10-21(9-16,11-20)25-13-22-12-23-25/h3-5,12-13,16-17H,6-11H2,1-2H3,(H,24,26). The zero-order chi connectivity index (χ0) is 17.9. The number of nitrogens with one attached hydrogen (secondary N) is 1. The van der Waals surface area contributed by atoms with E-state index in [9.17, 15) is 4.79 Å². The molecule has 4 aliphatic rings. The Morgan fingerprint density at radius 3 is 2.46 bits per heavy atom. The predicted molar refractivity (Wildman–Crippen MR) is 99.7 cm³/mol. The Morgan fingerprint density at radius 2 is 1.85 bits per heavy atom. The van der Waals surface area contributed by atoms with Crippen LogP contribution in [0, 0.1) is 31.1 Å². The molecule has 2 unspecified atom stereocenters. The van der Waals surface area contributed by atoms with Crippen molar-refractivity contribution in [2.24, 2.45) is 17.3 Å². The Balaban J connectivity index is 1.49. The molecule has 4 fully saturated rings. The van der Waals surface area contributed by atoms with Crippen molar-refractivity contribution in [1.29, 1.82) is 0 Å². The summed E-state index contributed by atoms with van der Waals surface area (Å²) in [6.45, 7) is 4.14. The van der Waals surface area contributed by atoms with Crippen molar-refractivity contribution in [3.63, 3.8) is 0 Å². The first-order valence-corrected chi connectivity index (χ1v) is 9.73. The lowest BCUT2D eigenvalue weighted by Crippen LogP contribution is -2.60. The van der Waals surface area contributed by atoms with Crippen molar-refractivity contribution in [3.8, 4) is 0 Å². The Bertz CT molecular complexity index is 823. The van der Waals surface area contributed by atoms with Crippen molar-refractivity contribution in [2.45, 2.75) is 57.9 Å². The predicted octanol–water partition coefficient (Wildman–Crippen LogP) is 3.83. The molecule has 4 aliphatic carbocycles. The third-order valence-corrected chi connectivity index (χ3v) is 7.14. The van der Waals surface area contributed by atoms with Gasteiger partial charge < -0.3 is 5.32 Å². The number of amides is 1. The van der Waals surface area contributed by atoms with Crippen molar-refractivity contribution >= 4 is 11.6 Å². The molecule has 4 bridgehead atoms. The number of para-hydroxylation sites is 1. The molecule has 1 heterocycles. The van der Waals surface area contributed by atoms with Crippen LogP contribution in [-0.4, -0.2) is 20.7 Å². The van der Waals surface area contributed by atoms with Crippen LogP contribution in [0.5, 0.6) is 0 Å². The molecule has 5 heteroatoms. The number of hydrogen-bond acceptors (Lipinski definition) is 3. The van der Waals surface area contributed by atoms with Crippen LogP contribution in [0.3, 0.4) is 0 Å². The molecule has 0 spiro atoms. The number of aryl methyl sites for hydroxylation is 2. The van der Waals surface area contributed by atoms with Crippen molar-refractivity contribution in [1.82, 2.24) is 14.8 Å². The van der Waals surface area contributed by atoms with Crippen molar-refractivity contribution in [2.75, 3.05) is 5.32 Å². The van der Waals surface area contributed by atoms with Gasteiger partial charge in [-0.2, -0.15) is 5.10 Å². The molecule has 2 atom stereocenters. The Hall–Kier alpha value is -2.17. The van der Waals surface area contributed by atoms with Crippen molar-refractivity contribution < 1.29 is 4.79 Å². The van der Waals surface area contributed by atoms with E-state index in [1.807, 2.05) is 12.4 Å². The summed E-state index contributed by atoms with van der Waals surface area (Å²) in [6, 6.07) is 6.18. The summed E-state index contributed by atoms with van der Waals surface area (Å²) in [6.07, 6.45) is 9.98. The molecule has 1 N–H and O–H groups in total. The van der Waals surface area contributed by atoms with Gasteiger partial charge in [-0.1, -0.05) is 18.2 Å².